The summed E-state index contributed by atoms with van der Waals surface area (Å²) < 4.78 is 18.9. The maximum absolute atomic E-state index is 9.45. The van der Waals surface area contributed by atoms with Crippen molar-refractivity contribution < 1.29 is 13.9 Å². The van der Waals surface area contributed by atoms with Gasteiger partial charge >= 0.3 is 0 Å². The second-order valence-corrected chi connectivity index (χ2v) is 2.06. The van der Waals surface area contributed by atoms with Gasteiger partial charge in [-0.25, -0.2) is 0 Å². The molecule has 0 bridgehead atoms. The van der Waals surface area contributed by atoms with E-state index >= 15 is 0 Å². The second kappa shape index (κ2) is 2.28. The molecule has 0 aliphatic carbocycles. The van der Waals surface area contributed by atoms with Gasteiger partial charge in [0.05, 0.1) is 0 Å². The Morgan fingerprint density at radius 2 is 2.17 bits per heavy atom. The quantitative estimate of drug-likeness (QED) is 0.448. The van der Waals surface area contributed by atoms with Crippen molar-refractivity contribution in [2.45, 2.75) is 12.4 Å². The van der Waals surface area contributed by atoms with Crippen LogP contribution >= 0.6 is 0 Å². The van der Waals surface area contributed by atoms with Crippen LogP contribution in [0, 0.1) is 0 Å². The summed E-state index contributed by atoms with van der Waals surface area (Å²) in [5, 5.41) is 8.02. The summed E-state index contributed by atoms with van der Waals surface area (Å²) in [7, 11) is 0. The lowest BCUT2D eigenvalue weighted by Crippen LogP contribution is -2.06. The maximum atomic E-state index is 9.45. The third kappa shape index (κ3) is 2.32. The van der Waals surface area contributed by atoms with Gasteiger partial charge in [0, 0.05) is 0 Å². The van der Waals surface area contributed by atoms with E-state index in [1.54, 1.807) is 0 Å². The molecule has 2 unspecified atom stereocenters. The minimum absolute atomic E-state index is 1.18. The van der Waals surface area contributed by atoms with Crippen LogP contribution < -0.4 is 0 Å². The van der Waals surface area contributed by atoms with Gasteiger partial charge in [-0.15, -0.1) is 0 Å². The van der Waals surface area contributed by atoms with E-state index in [9.17, 15) is 8.76 Å². The summed E-state index contributed by atoms with van der Waals surface area (Å²) in [6, 6.07) is 0. The number of rotatable bonds is 1. The Bertz CT molecular complexity index is 59.8. The fraction of sp³-hybridized carbons (Fsp3) is 1.00. The van der Waals surface area contributed by atoms with Crippen LogP contribution in [0.3, 0.4) is 0 Å². The highest BCUT2D eigenvalue weighted by Crippen LogP contribution is 1.80. The molecule has 0 saturated heterocycles. The molecule has 0 aromatic carbocycles. The van der Waals surface area contributed by atoms with Crippen LogP contribution in [-0.4, -0.2) is 19.3 Å². The van der Waals surface area contributed by atoms with Gasteiger partial charge < -0.3 is 9.66 Å². The molecule has 0 fully saturated rings. The summed E-state index contributed by atoms with van der Waals surface area (Å²) in [4.78, 5) is 0. The molecule has 0 aromatic heterocycles. The molecule has 0 spiro atoms. The predicted octanol–water partition coefficient (Wildman–Crippen LogP) is -0.796. The van der Waals surface area contributed by atoms with E-state index in [0.29, 0.717) is 0 Å². The largest absolute Gasteiger partial charge is 0.770 e. The molecule has 0 heterocycles. The molecule has 0 radical (unpaired) electrons. The van der Waals surface area contributed by atoms with Crippen LogP contribution in [0.15, 0.2) is 0 Å². The minimum atomic E-state index is -2.31. The van der Waals surface area contributed by atoms with Gasteiger partial charge in [0.1, 0.15) is 5.44 Å². The Labute approximate surface area is 38.3 Å². The Hall–Kier alpha value is 0.0700. The van der Waals surface area contributed by atoms with Crippen molar-refractivity contribution in [3.63, 3.8) is 0 Å². The fourth-order valence-corrected chi connectivity index (χ4v) is 0. The zero-order valence-electron chi connectivity index (χ0n) is 3.25. The lowest BCUT2D eigenvalue weighted by molar-refractivity contribution is 0.263. The summed E-state index contributed by atoms with van der Waals surface area (Å²) >= 11 is -2.31. The van der Waals surface area contributed by atoms with Crippen molar-refractivity contribution in [2.75, 3.05) is 0 Å². The highest BCUT2D eigenvalue weighted by atomic mass is 32.2. The standard InChI is InChI=1S/C2H6O3S/c1-2(3)6(4)5/h2-3H,1H3,(H,4,5)/p-1. The molecule has 0 aliphatic rings. The van der Waals surface area contributed by atoms with Crippen molar-refractivity contribution in [1.82, 2.24) is 0 Å². The van der Waals surface area contributed by atoms with Gasteiger partial charge in [-0.1, -0.05) is 0 Å². The van der Waals surface area contributed by atoms with Gasteiger partial charge in [-0.05, 0) is 18.0 Å². The Morgan fingerprint density at radius 3 is 2.17 bits per heavy atom. The molecule has 1 N–H and O–H groups in total. The van der Waals surface area contributed by atoms with Crippen molar-refractivity contribution in [3.8, 4) is 0 Å². The third-order valence-electron chi connectivity index (χ3n) is 0.279. The summed E-state index contributed by atoms with van der Waals surface area (Å²) in [6.45, 7) is 1.18. The van der Waals surface area contributed by atoms with Crippen LogP contribution in [0.4, 0.5) is 0 Å². The zero-order chi connectivity index (χ0) is 5.15. The SMILES string of the molecule is CC(O)S(=O)[O-]. The average molecular weight is 109 g/mol. The third-order valence-corrected chi connectivity index (χ3v) is 0.836. The Balaban J connectivity index is 3.26. The summed E-state index contributed by atoms with van der Waals surface area (Å²) in [5.41, 5.74) is -1.23. The van der Waals surface area contributed by atoms with Gasteiger partial charge in [0.25, 0.3) is 0 Å². The first-order valence-corrected chi connectivity index (χ1v) is 2.54. The van der Waals surface area contributed by atoms with Crippen LogP contribution in [0.5, 0.6) is 0 Å². The first-order chi connectivity index (χ1) is 2.64. The summed E-state index contributed by atoms with van der Waals surface area (Å²) in [5.74, 6) is 0. The van der Waals surface area contributed by atoms with Crippen LogP contribution in [0.25, 0.3) is 0 Å². The molecule has 0 aromatic rings. The molecule has 0 rings (SSSR count). The normalized spacial score (nSPS) is 19.8. The molecule has 4 heteroatoms. The number of hydrogen-bond acceptors (Lipinski definition) is 3. The second-order valence-electron chi connectivity index (χ2n) is 0.860. The molecule has 2 atom stereocenters. The first kappa shape index (κ1) is 6.07. The first-order valence-electron chi connectivity index (χ1n) is 1.40. The molecular formula is C2H5O3S-. The van der Waals surface area contributed by atoms with Gasteiger partial charge in [-0.2, -0.15) is 0 Å². The highest BCUT2D eigenvalue weighted by Gasteiger charge is 1.87. The van der Waals surface area contributed by atoms with Crippen molar-refractivity contribution in [3.05, 3.63) is 0 Å². The van der Waals surface area contributed by atoms with E-state index in [-0.39, 0.29) is 0 Å². The molecule has 0 saturated carbocycles. The van der Waals surface area contributed by atoms with Crippen molar-refractivity contribution in [2.24, 2.45) is 0 Å². The lowest BCUT2D eigenvalue weighted by atomic mass is 10.9. The molecular weight excluding hydrogens is 104 g/mol. The molecule has 0 amide bonds. The minimum Gasteiger partial charge on any atom is -0.770 e. The van der Waals surface area contributed by atoms with Crippen LogP contribution in [-0.2, 0) is 11.1 Å². The van der Waals surface area contributed by atoms with E-state index in [0.717, 1.165) is 0 Å². The van der Waals surface area contributed by atoms with E-state index in [1.807, 2.05) is 0 Å². The Morgan fingerprint density at radius 1 is 2.00 bits per heavy atom. The number of hydrogen-bond donors (Lipinski definition) is 1. The Kier molecular flexibility index (Phi) is 2.31. The monoisotopic (exact) mass is 109 g/mol. The fourth-order valence-electron chi connectivity index (χ4n) is 0. The van der Waals surface area contributed by atoms with E-state index < -0.39 is 16.5 Å². The van der Waals surface area contributed by atoms with Gasteiger partial charge in [0.2, 0.25) is 0 Å². The van der Waals surface area contributed by atoms with E-state index in [1.165, 1.54) is 6.92 Å². The smallest absolute Gasteiger partial charge is 0.113 e. The molecule has 38 valence electrons. The maximum Gasteiger partial charge on any atom is 0.113 e. The average Bonchev–Trinajstić information content (AvgIpc) is 1.36. The van der Waals surface area contributed by atoms with Crippen molar-refractivity contribution >= 4 is 11.1 Å². The number of aliphatic hydroxyl groups excluding tert-OH is 1. The number of aliphatic hydroxyl groups is 1. The van der Waals surface area contributed by atoms with E-state index in [4.69, 9.17) is 5.11 Å². The molecule has 0 aliphatic heterocycles. The van der Waals surface area contributed by atoms with Crippen molar-refractivity contribution in [1.29, 1.82) is 0 Å². The van der Waals surface area contributed by atoms with Crippen LogP contribution in [0.1, 0.15) is 6.92 Å². The van der Waals surface area contributed by atoms with Gasteiger partial charge in [0.15, 0.2) is 0 Å². The topological polar surface area (TPSA) is 60.4 Å². The molecule has 3 nitrogen and oxygen atoms in total. The lowest BCUT2D eigenvalue weighted by Gasteiger charge is -2.04. The van der Waals surface area contributed by atoms with Crippen LogP contribution in [0.2, 0.25) is 0 Å². The summed E-state index contributed by atoms with van der Waals surface area (Å²) in [6.07, 6.45) is 0. The predicted molar refractivity (Wildman–Crippen MR) is 20.6 cm³/mol. The highest BCUT2D eigenvalue weighted by molar-refractivity contribution is 7.79. The zero-order valence-corrected chi connectivity index (χ0v) is 4.07. The van der Waals surface area contributed by atoms with E-state index in [2.05, 4.69) is 0 Å². The van der Waals surface area contributed by atoms with Gasteiger partial charge in [-0.3, -0.25) is 4.21 Å². The molecule has 6 heavy (non-hydrogen) atoms.